The average Bonchev–Trinajstić information content (AvgIpc) is 2.78. The highest BCUT2D eigenvalue weighted by Gasteiger charge is 2.17. The molecule has 1 aromatic carbocycles. The van der Waals surface area contributed by atoms with Crippen molar-refractivity contribution in [1.29, 1.82) is 0 Å². The molecule has 0 aliphatic rings. The minimum Gasteiger partial charge on any atom is -0.338 e. The second-order valence-electron chi connectivity index (χ2n) is 3.39. The van der Waals surface area contributed by atoms with Crippen LogP contribution in [0.15, 0.2) is 28.8 Å². The van der Waals surface area contributed by atoms with Gasteiger partial charge in [0.15, 0.2) is 5.75 Å². The number of nitrogens with zero attached hydrogens (tertiary/aromatic N) is 2. The van der Waals surface area contributed by atoms with Crippen molar-refractivity contribution in [3.8, 4) is 11.4 Å². The maximum Gasteiger partial charge on any atom is 0.276 e. The molecule has 0 atom stereocenters. The van der Waals surface area contributed by atoms with Gasteiger partial charge in [0, 0.05) is 9.13 Å². The third kappa shape index (κ3) is 3.27. The van der Waals surface area contributed by atoms with E-state index in [4.69, 9.17) is 4.52 Å². The third-order valence-corrected chi connectivity index (χ3v) is 3.95. The lowest BCUT2D eigenvalue weighted by Crippen LogP contribution is -2.05. The average molecular weight is 380 g/mol. The highest BCUT2D eigenvalue weighted by molar-refractivity contribution is 14.1. The molecule has 0 unspecified atom stereocenters. The Hall–Kier alpha value is -1.00. The van der Waals surface area contributed by atoms with Crippen molar-refractivity contribution < 1.29 is 17.1 Å². The lowest BCUT2D eigenvalue weighted by atomic mass is 10.2. The van der Waals surface area contributed by atoms with Crippen molar-refractivity contribution in [3.05, 3.63) is 33.7 Å². The van der Waals surface area contributed by atoms with Gasteiger partial charge in [0.1, 0.15) is 0 Å². The van der Waals surface area contributed by atoms with Gasteiger partial charge in [-0.2, -0.15) is 13.4 Å². The summed E-state index contributed by atoms with van der Waals surface area (Å²) in [7, 11) is -2.56. The monoisotopic (exact) mass is 380 g/mol. The van der Waals surface area contributed by atoms with Gasteiger partial charge in [-0.1, -0.05) is 17.3 Å². The van der Waals surface area contributed by atoms with E-state index in [1.165, 1.54) is 0 Å². The molecule has 96 valence electrons. The molecule has 0 aliphatic heterocycles. The molecule has 1 aromatic heterocycles. The van der Waals surface area contributed by atoms with Gasteiger partial charge in [-0.05, 0) is 34.7 Å². The number of aromatic nitrogens is 2. The summed E-state index contributed by atoms with van der Waals surface area (Å²) in [4.78, 5) is 4.00. The lowest BCUT2D eigenvalue weighted by molar-refractivity contribution is 0.368. The largest absolute Gasteiger partial charge is 0.338 e. The van der Waals surface area contributed by atoms with Gasteiger partial charge in [-0.25, -0.2) is 0 Å². The van der Waals surface area contributed by atoms with Gasteiger partial charge in [0.05, 0.1) is 7.11 Å². The van der Waals surface area contributed by atoms with E-state index in [-0.39, 0.29) is 5.89 Å². The number of hydrogen-bond donors (Lipinski definition) is 0. The smallest absolute Gasteiger partial charge is 0.276 e. The Morgan fingerprint density at radius 2 is 2.00 bits per heavy atom. The Balaban J connectivity index is 2.23. The first-order chi connectivity index (χ1) is 8.50. The molecule has 0 saturated heterocycles. The summed E-state index contributed by atoms with van der Waals surface area (Å²) in [6.07, 6.45) is 0. The molecule has 0 saturated carbocycles. The Morgan fingerprint density at radius 3 is 2.61 bits per heavy atom. The molecule has 18 heavy (non-hydrogen) atoms. The predicted molar refractivity (Wildman–Crippen MR) is 72.1 cm³/mol. The van der Waals surface area contributed by atoms with Crippen LogP contribution in [0, 0.1) is 3.57 Å². The van der Waals surface area contributed by atoms with Crippen molar-refractivity contribution in [2.75, 3.05) is 7.11 Å². The topological polar surface area (TPSA) is 82.3 Å². The Labute approximate surface area is 118 Å². The lowest BCUT2D eigenvalue weighted by Gasteiger charge is -1.95. The highest BCUT2D eigenvalue weighted by Crippen LogP contribution is 2.18. The van der Waals surface area contributed by atoms with E-state index in [0.717, 1.165) is 16.2 Å². The summed E-state index contributed by atoms with van der Waals surface area (Å²) in [6.45, 7) is 0. The Kier molecular flexibility index (Phi) is 3.97. The standard InChI is InChI=1S/C10H9IN2O4S/c1-16-18(14,15)6-9-12-10(13-17-9)7-2-4-8(11)5-3-7/h2-5H,6H2,1H3. The molecule has 0 N–H and O–H groups in total. The van der Waals surface area contributed by atoms with E-state index in [2.05, 4.69) is 36.9 Å². The minimum absolute atomic E-state index is 0.00500. The zero-order valence-corrected chi connectivity index (χ0v) is 12.3. The van der Waals surface area contributed by atoms with Gasteiger partial charge in [0.2, 0.25) is 11.7 Å². The van der Waals surface area contributed by atoms with E-state index in [1.54, 1.807) is 0 Å². The molecular formula is C10H9IN2O4S. The van der Waals surface area contributed by atoms with E-state index in [0.29, 0.717) is 5.82 Å². The fourth-order valence-electron chi connectivity index (χ4n) is 1.24. The Morgan fingerprint density at radius 1 is 1.33 bits per heavy atom. The van der Waals surface area contributed by atoms with Gasteiger partial charge in [-0.15, -0.1) is 0 Å². The summed E-state index contributed by atoms with van der Waals surface area (Å²) < 4.78 is 32.7. The molecule has 1 heterocycles. The molecular weight excluding hydrogens is 371 g/mol. The van der Waals surface area contributed by atoms with Crippen LogP contribution in [0.2, 0.25) is 0 Å². The van der Waals surface area contributed by atoms with Crippen LogP contribution in [0.25, 0.3) is 11.4 Å². The molecule has 2 rings (SSSR count). The van der Waals surface area contributed by atoms with Crippen LogP contribution in [0.3, 0.4) is 0 Å². The summed E-state index contributed by atoms with van der Waals surface area (Å²) in [5, 5.41) is 3.73. The first-order valence-electron chi connectivity index (χ1n) is 4.87. The fraction of sp³-hybridized carbons (Fsp3) is 0.200. The van der Waals surface area contributed by atoms with E-state index >= 15 is 0 Å². The Bertz CT molecular complexity index is 636. The summed E-state index contributed by atoms with van der Waals surface area (Å²) in [5.74, 6) is -0.0703. The molecule has 8 heteroatoms. The maximum atomic E-state index is 11.2. The van der Waals surface area contributed by atoms with Crippen LogP contribution in [0.4, 0.5) is 0 Å². The highest BCUT2D eigenvalue weighted by atomic mass is 127. The van der Waals surface area contributed by atoms with E-state index < -0.39 is 15.9 Å². The number of benzene rings is 1. The summed E-state index contributed by atoms with van der Waals surface area (Å²) in [6, 6.07) is 7.47. The van der Waals surface area contributed by atoms with E-state index in [1.807, 2.05) is 24.3 Å². The molecule has 0 aliphatic carbocycles. The van der Waals surface area contributed by atoms with Crippen LogP contribution < -0.4 is 0 Å². The first kappa shape index (κ1) is 13.4. The second-order valence-corrected chi connectivity index (χ2v) is 6.37. The molecule has 0 fully saturated rings. The van der Waals surface area contributed by atoms with Crippen molar-refractivity contribution in [2.45, 2.75) is 5.75 Å². The third-order valence-electron chi connectivity index (χ3n) is 2.12. The molecule has 2 aromatic rings. The normalized spacial score (nSPS) is 11.7. The van der Waals surface area contributed by atoms with Crippen LogP contribution in [0.5, 0.6) is 0 Å². The van der Waals surface area contributed by atoms with Gasteiger partial charge < -0.3 is 4.52 Å². The maximum absolute atomic E-state index is 11.2. The zero-order valence-electron chi connectivity index (χ0n) is 9.33. The second kappa shape index (κ2) is 5.33. The van der Waals surface area contributed by atoms with Crippen LogP contribution in [-0.4, -0.2) is 25.7 Å². The van der Waals surface area contributed by atoms with Crippen molar-refractivity contribution in [1.82, 2.24) is 10.1 Å². The van der Waals surface area contributed by atoms with Gasteiger partial charge in [0.25, 0.3) is 10.1 Å². The summed E-state index contributed by atoms with van der Waals surface area (Å²) >= 11 is 2.18. The number of rotatable bonds is 4. The zero-order chi connectivity index (χ0) is 13.2. The number of halogens is 1. The first-order valence-corrected chi connectivity index (χ1v) is 7.52. The molecule has 6 nitrogen and oxygen atoms in total. The van der Waals surface area contributed by atoms with Crippen LogP contribution >= 0.6 is 22.6 Å². The van der Waals surface area contributed by atoms with E-state index in [9.17, 15) is 8.42 Å². The van der Waals surface area contributed by atoms with Gasteiger partial charge in [-0.3, -0.25) is 4.18 Å². The van der Waals surface area contributed by atoms with Crippen molar-refractivity contribution >= 4 is 32.7 Å². The fourth-order valence-corrected chi connectivity index (χ4v) is 2.14. The van der Waals surface area contributed by atoms with Crippen LogP contribution in [-0.2, 0) is 20.1 Å². The molecule has 0 radical (unpaired) electrons. The SMILES string of the molecule is COS(=O)(=O)Cc1nc(-c2ccc(I)cc2)no1. The number of hydrogen-bond acceptors (Lipinski definition) is 6. The molecule has 0 spiro atoms. The predicted octanol–water partition coefficient (Wildman–Crippen LogP) is 1.82. The van der Waals surface area contributed by atoms with Crippen molar-refractivity contribution in [3.63, 3.8) is 0 Å². The minimum atomic E-state index is -3.65. The molecule has 0 bridgehead atoms. The summed E-state index contributed by atoms with van der Waals surface area (Å²) in [5.41, 5.74) is 0.764. The van der Waals surface area contributed by atoms with Crippen LogP contribution in [0.1, 0.15) is 5.89 Å². The quantitative estimate of drug-likeness (QED) is 0.595. The van der Waals surface area contributed by atoms with Gasteiger partial charge >= 0.3 is 0 Å². The molecule has 0 amide bonds. The van der Waals surface area contributed by atoms with Crippen molar-refractivity contribution in [2.24, 2.45) is 0 Å².